The first-order valence-electron chi connectivity index (χ1n) is 6.66. The molecule has 2 aromatic rings. The summed E-state index contributed by atoms with van der Waals surface area (Å²) < 4.78 is 0. The fraction of sp³-hybridized carbons (Fsp3) is 0.250. The second-order valence-corrected chi connectivity index (χ2v) is 6.47. The summed E-state index contributed by atoms with van der Waals surface area (Å²) in [6.07, 6.45) is 0. The van der Waals surface area contributed by atoms with E-state index in [1.807, 2.05) is 6.92 Å². The monoisotopic (exact) mass is 302 g/mol. The van der Waals surface area contributed by atoms with E-state index in [1.54, 1.807) is 35.6 Å². The molecule has 1 aromatic carbocycles. The van der Waals surface area contributed by atoms with Crippen molar-refractivity contribution in [2.45, 2.75) is 26.8 Å². The number of carbonyl (C=O) groups is 2. The van der Waals surface area contributed by atoms with E-state index in [4.69, 9.17) is 5.73 Å². The SMILES string of the molecule is Cc1cc(C(C)NC(=O)c2ccc(C(N)=O)cc2)c(C)s1. The zero-order valence-corrected chi connectivity index (χ0v) is 13.1. The highest BCUT2D eigenvalue weighted by atomic mass is 32.1. The van der Waals surface area contributed by atoms with Gasteiger partial charge in [-0.2, -0.15) is 0 Å². The number of hydrogen-bond donors (Lipinski definition) is 2. The number of amides is 2. The van der Waals surface area contributed by atoms with E-state index in [2.05, 4.69) is 25.2 Å². The van der Waals surface area contributed by atoms with Gasteiger partial charge < -0.3 is 11.1 Å². The van der Waals surface area contributed by atoms with Crippen LogP contribution >= 0.6 is 11.3 Å². The van der Waals surface area contributed by atoms with Crippen molar-refractivity contribution in [2.75, 3.05) is 0 Å². The summed E-state index contributed by atoms with van der Waals surface area (Å²) in [5, 5.41) is 2.97. The summed E-state index contributed by atoms with van der Waals surface area (Å²) in [5.41, 5.74) is 7.22. The zero-order valence-electron chi connectivity index (χ0n) is 12.3. The molecule has 0 aliphatic rings. The van der Waals surface area contributed by atoms with Gasteiger partial charge in [0.2, 0.25) is 5.91 Å². The molecule has 0 radical (unpaired) electrons. The third-order valence-electron chi connectivity index (χ3n) is 3.33. The molecular formula is C16H18N2O2S. The topological polar surface area (TPSA) is 72.2 Å². The first-order chi connectivity index (χ1) is 9.88. The number of thiophene rings is 1. The van der Waals surface area contributed by atoms with Gasteiger partial charge in [-0.15, -0.1) is 11.3 Å². The first kappa shape index (κ1) is 15.3. The number of benzene rings is 1. The van der Waals surface area contributed by atoms with Crippen LogP contribution in [0.5, 0.6) is 0 Å². The molecule has 2 rings (SSSR count). The van der Waals surface area contributed by atoms with Crippen molar-refractivity contribution in [2.24, 2.45) is 5.73 Å². The minimum absolute atomic E-state index is 0.0572. The molecule has 1 atom stereocenters. The Bertz CT molecular complexity index is 674. The van der Waals surface area contributed by atoms with Gasteiger partial charge >= 0.3 is 0 Å². The predicted octanol–water partition coefficient (Wildman–Crippen LogP) is 2.95. The van der Waals surface area contributed by atoms with Gasteiger partial charge in [0.25, 0.3) is 5.91 Å². The van der Waals surface area contributed by atoms with Crippen LogP contribution in [0.3, 0.4) is 0 Å². The van der Waals surface area contributed by atoms with E-state index in [-0.39, 0.29) is 11.9 Å². The zero-order chi connectivity index (χ0) is 15.6. The molecule has 21 heavy (non-hydrogen) atoms. The maximum atomic E-state index is 12.2. The van der Waals surface area contributed by atoms with Gasteiger partial charge in [-0.3, -0.25) is 9.59 Å². The maximum Gasteiger partial charge on any atom is 0.251 e. The summed E-state index contributed by atoms with van der Waals surface area (Å²) in [7, 11) is 0. The summed E-state index contributed by atoms with van der Waals surface area (Å²) in [6, 6.07) is 8.37. The van der Waals surface area contributed by atoms with Crippen LogP contribution in [0, 0.1) is 13.8 Å². The molecule has 0 saturated heterocycles. The van der Waals surface area contributed by atoms with Gasteiger partial charge in [0.15, 0.2) is 0 Å². The molecule has 0 saturated carbocycles. The van der Waals surface area contributed by atoms with E-state index >= 15 is 0 Å². The van der Waals surface area contributed by atoms with Crippen LogP contribution in [0.4, 0.5) is 0 Å². The number of hydrogen-bond acceptors (Lipinski definition) is 3. The number of nitrogens with one attached hydrogen (secondary N) is 1. The second-order valence-electron chi connectivity index (χ2n) is 5.01. The van der Waals surface area contributed by atoms with Crippen molar-refractivity contribution >= 4 is 23.2 Å². The lowest BCUT2D eigenvalue weighted by molar-refractivity contribution is 0.0937. The minimum Gasteiger partial charge on any atom is -0.366 e. The summed E-state index contributed by atoms with van der Waals surface area (Å²) in [6.45, 7) is 6.07. The average Bonchev–Trinajstić information content (AvgIpc) is 2.77. The Morgan fingerprint density at radius 3 is 2.19 bits per heavy atom. The molecule has 3 N–H and O–H groups in total. The Labute approximate surface area is 128 Å². The highest BCUT2D eigenvalue weighted by Crippen LogP contribution is 2.26. The molecule has 1 unspecified atom stereocenters. The smallest absolute Gasteiger partial charge is 0.251 e. The Kier molecular flexibility index (Phi) is 4.43. The van der Waals surface area contributed by atoms with Crippen LogP contribution in [-0.2, 0) is 0 Å². The van der Waals surface area contributed by atoms with Gasteiger partial charge in [-0.1, -0.05) is 0 Å². The number of aryl methyl sites for hydroxylation is 2. The molecular weight excluding hydrogens is 284 g/mol. The molecule has 0 aliphatic heterocycles. The van der Waals surface area contributed by atoms with Gasteiger partial charge in [-0.25, -0.2) is 0 Å². The average molecular weight is 302 g/mol. The second kappa shape index (κ2) is 6.10. The first-order valence-corrected chi connectivity index (χ1v) is 7.48. The normalized spacial score (nSPS) is 12.0. The van der Waals surface area contributed by atoms with Crippen molar-refractivity contribution in [1.82, 2.24) is 5.32 Å². The Morgan fingerprint density at radius 1 is 1.14 bits per heavy atom. The van der Waals surface area contributed by atoms with Gasteiger partial charge in [0.1, 0.15) is 0 Å². The van der Waals surface area contributed by atoms with Crippen molar-refractivity contribution < 1.29 is 9.59 Å². The number of primary amides is 1. The molecule has 0 spiro atoms. The molecule has 4 nitrogen and oxygen atoms in total. The van der Waals surface area contributed by atoms with E-state index in [1.165, 1.54) is 9.75 Å². The van der Waals surface area contributed by atoms with E-state index < -0.39 is 5.91 Å². The third-order valence-corrected chi connectivity index (χ3v) is 4.31. The van der Waals surface area contributed by atoms with Crippen LogP contribution in [0.25, 0.3) is 0 Å². The van der Waals surface area contributed by atoms with E-state index in [9.17, 15) is 9.59 Å². The predicted molar refractivity (Wildman–Crippen MR) is 84.6 cm³/mol. The highest BCUT2D eigenvalue weighted by Gasteiger charge is 2.15. The van der Waals surface area contributed by atoms with Crippen molar-refractivity contribution in [3.05, 3.63) is 56.8 Å². The Morgan fingerprint density at radius 2 is 1.71 bits per heavy atom. The van der Waals surface area contributed by atoms with E-state index in [0.717, 1.165) is 5.56 Å². The van der Waals surface area contributed by atoms with Crippen LogP contribution in [0.15, 0.2) is 30.3 Å². The quantitative estimate of drug-likeness (QED) is 0.911. The van der Waals surface area contributed by atoms with E-state index in [0.29, 0.717) is 11.1 Å². The fourth-order valence-corrected chi connectivity index (χ4v) is 3.25. The number of carbonyl (C=O) groups excluding carboxylic acids is 2. The summed E-state index contributed by atoms with van der Waals surface area (Å²) >= 11 is 1.72. The van der Waals surface area contributed by atoms with Crippen LogP contribution < -0.4 is 11.1 Å². The van der Waals surface area contributed by atoms with Gasteiger partial charge in [0.05, 0.1) is 6.04 Å². The maximum absolute atomic E-state index is 12.2. The highest BCUT2D eigenvalue weighted by molar-refractivity contribution is 7.12. The van der Waals surface area contributed by atoms with Crippen molar-refractivity contribution in [1.29, 1.82) is 0 Å². The Hall–Kier alpha value is -2.14. The lowest BCUT2D eigenvalue weighted by Crippen LogP contribution is -2.26. The molecule has 1 heterocycles. The van der Waals surface area contributed by atoms with Crippen molar-refractivity contribution in [3.63, 3.8) is 0 Å². The third kappa shape index (κ3) is 3.49. The number of nitrogens with two attached hydrogens (primary N) is 1. The Balaban J connectivity index is 2.10. The molecule has 0 bridgehead atoms. The fourth-order valence-electron chi connectivity index (χ4n) is 2.22. The standard InChI is InChI=1S/C16H18N2O2S/c1-9-8-14(11(3)21-9)10(2)18-16(20)13-6-4-12(5-7-13)15(17)19/h4-8,10H,1-3H3,(H2,17,19)(H,18,20). The summed E-state index contributed by atoms with van der Waals surface area (Å²) in [4.78, 5) is 25.7. The van der Waals surface area contributed by atoms with Crippen LogP contribution in [0.1, 0.15) is 49.0 Å². The van der Waals surface area contributed by atoms with Crippen molar-refractivity contribution in [3.8, 4) is 0 Å². The molecule has 2 amide bonds. The molecule has 0 aliphatic carbocycles. The lowest BCUT2D eigenvalue weighted by atomic mass is 10.1. The molecule has 5 heteroatoms. The molecule has 110 valence electrons. The summed E-state index contributed by atoms with van der Waals surface area (Å²) in [5.74, 6) is -0.665. The van der Waals surface area contributed by atoms with Crippen LogP contribution in [0.2, 0.25) is 0 Å². The van der Waals surface area contributed by atoms with Gasteiger partial charge in [0, 0.05) is 20.9 Å². The largest absolute Gasteiger partial charge is 0.366 e. The lowest BCUT2D eigenvalue weighted by Gasteiger charge is -2.14. The minimum atomic E-state index is -0.500. The molecule has 1 aromatic heterocycles. The number of rotatable bonds is 4. The van der Waals surface area contributed by atoms with Gasteiger partial charge in [-0.05, 0) is 56.7 Å². The van der Waals surface area contributed by atoms with Crippen LogP contribution in [-0.4, -0.2) is 11.8 Å². The molecule has 0 fully saturated rings.